The van der Waals surface area contributed by atoms with Crippen LogP contribution < -0.4 is 15.4 Å². The van der Waals surface area contributed by atoms with Gasteiger partial charge in [-0.3, -0.25) is 4.79 Å². The lowest BCUT2D eigenvalue weighted by atomic mass is 9.95. The summed E-state index contributed by atoms with van der Waals surface area (Å²) in [6.07, 6.45) is 0.920. The van der Waals surface area contributed by atoms with Crippen LogP contribution in [0.4, 0.5) is 4.79 Å². The average Bonchev–Trinajstić information content (AvgIpc) is 2.99. The van der Waals surface area contributed by atoms with Crippen molar-refractivity contribution in [3.63, 3.8) is 0 Å². The molecule has 0 aliphatic heterocycles. The van der Waals surface area contributed by atoms with Gasteiger partial charge >= 0.3 is 6.03 Å². The van der Waals surface area contributed by atoms with Gasteiger partial charge in [-0.05, 0) is 55.1 Å². The van der Waals surface area contributed by atoms with Gasteiger partial charge in [-0.15, -0.1) is 0 Å². The molecule has 41 heavy (non-hydrogen) atoms. The van der Waals surface area contributed by atoms with Crippen molar-refractivity contribution in [3.8, 4) is 11.1 Å². The van der Waals surface area contributed by atoms with Crippen LogP contribution in [0.1, 0.15) is 48.7 Å². The van der Waals surface area contributed by atoms with Gasteiger partial charge in [0.05, 0.1) is 11.8 Å². The minimum Gasteiger partial charge on any atom is -0.338 e. The number of aryl methyl sites for hydroxylation is 1. The molecule has 0 heterocycles. The third-order valence-corrected chi connectivity index (χ3v) is 8.41. The van der Waals surface area contributed by atoms with Gasteiger partial charge in [0, 0.05) is 25.2 Å². The first kappa shape index (κ1) is 32.0. The number of benzene rings is 3. The number of nitrogens with one attached hydrogen (secondary N) is 3. The number of urea groups is 1. The molecule has 3 rings (SSSR count). The molecule has 0 fully saturated rings. The molecule has 0 saturated carbocycles. The summed E-state index contributed by atoms with van der Waals surface area (Å²) in [5, 5.41) is 5.58. The fraction of sp³-hybridized carbons (Fsp3) is 0.375. The zero-order valence-electron chi connectivity index (χ0n) is 24.2. The van der Waals surface area contributed by atoms with Gasteiger partial charge < -0.3 is 15.5 Å². The van der Waals surface area contributed by atoms with Crippen LogP contribution in [0, 0.1) is 0 Å². The first-order valence-electron chi connectivity index (χ1n) is 14.3. The van der Waals surface area contributed by atoms with Crippen molar-refractivity contribution in [2.75, 3.05) is 31.9 Å². The summed E-state index contributed by atoms with van der Waals surface area (Å²) in [6, 6.07) is 23.6. The van der Waals surface area contributed by atoms with Crippen molar-refractivity contribution in [2.24, 2.45) is 0 Å². The molecule has 0 bridgehead atoms. The van der Waals surface area contributed by atoms with E-state index in [1.165, 1.54) is 0 Å². The maximum Gasteiger partial charge on any atom is 0.315 e. The van der Waals surface area contributed by atoms with E-state index in [9.17, 15) is 18.0 Å². The number of rotatable bonds is 16. The highest BCUT2D eigenvalue weighted by Crippen LogP contribution is 2.25. The molecule has 1 atom stereocenters. The second-order valence-electron chi connectivity index (χ2n) is 9.85. The molecule has 3 N–H and O–H groups in total. The Hall–Kier alpha value is -3.53. The van der Waals surface area contributed by atoms with Crippen LogP contribution in [0.25, 0.3) is 11.1 Å². The Morgan fingerprint density at radius 3 is 2.15 bits per heavy atom. The quantitative estimate of drug-likeness (QED) is 0.215. The highest BCUT2D eigenvalue weighted by molar-refractivity contribution is 7.89. The molecule has 0 unspecified atom stereocenters. The van der Waals surface area contributed by atoms with E-state index in [0.717, 1.165) is 35.3 Å². The molecule has 2 amide bonds. The predicted octanol–water partition coefficient (Wildman–Crippen LogP) is 4.62. The second kappa shape index (κ2) is 16.0. The van der Waals surface area contributed by atoms with Gasteiger partial charge in [-0.2, -0.15) is 0 Å². The van der Waals surface area contributed by atoms with E-state index < -0.39 is 16.1 Å². The maximum atomic E-state index is 13.7. The summed E-state index contributed by atoms with van der Waals surface area (Å²) >= 11 is 0. The minimum atomic E-state index is -3.68. The zero-order chi connectivity index (χ0) is 29.7. The van der Waals surface area contributed by atoms with Crippen molar-refractivity contribution >= 4 is 21.8 Å². The number of carbonyl (C=O) groups excluding carboxylic acids is 2. The molecule has 0 aromatic heterocycles. The maximum absolute atomic E-state index is 13.7. The summed E-state index contributed by atoms with van der Waals surface area (Å²) in [6.45, 7) is 8.69. The number of Topliss-reactive ketones (excluding diaryl/α,β-unsaturated/α-hetero) is 1. The highest BCUT2D eigenvalue weighted by atomic mass is 32.2. The molecule has 3 aromatic carbocycles. The lowest BCUT2D eigenvalue weighted by molar-refractivity contribution is 0.0949. The molecule has 0 saturated heterocycles. The molecule has 9 heteroatoms. The van der Waals surface area contributed by atoms with Gasteiger partial charge in [-0.25, -0.2) is 17.9 Å². The molecule has 8 nitrogen and oxygen atoms in total. The number of nitrogens with zero attached hydrogens (tertiary/aromatic N) is 1. The largest absolute Gasteiger partial charge is 0.338 e. The third kappa shape index (κ3) is 10.1. The molecule has 0 aliphatic rings. The van der Waals surface area contributed by atoms with Crippen molar-refractivity contribution in [1.82, 2.24) is 20.3 Å². The van der Waals surface area contributed by atoms with Crippen LogP contribution in [0.15, 0.2) is 78.9 Å². The minimum absolute atomic E-state index is 0.0656. The number of hydrogen-bond donors (Lipinski definition) is 3. The Bertz CT molecular complexity index is 1360. The smallest absolute Gasteiger partial charge is 0.315 e. The highest BCUT2D eigenvalue weighted by Gasteiger charge is 2.26. The van der Waals surface area contributed by atoms with E-state index >= 15 is 0 Å². The molecular formula is C32H42N4O4S. The number of hydrogen-bond acceptors (Lipinski definition) is 5. The summed E-state index contributed by atoms with van der Waals surface area (Å²) in [7, 11) is -3.68. The number of ketones is 1. The Balaban J connectivity index is 1.79. The predicted molar refractivity (Wildman–Crippen MR) is 165 cm³/mol. The van der Waals surface area contributed by atoms with Crippen LogP contribution in [0.3, 0.4) is 0 Å². The van der Waals surface area contributed by atoms with E-state index in [1.54, 1.807) is 12.1 Å². The Morgan fingerprint density at radius 2 is 1.49 bits per heavy atom. The Kier molecular flexibility index (Phi) is 12.5. The Labute approximate surface area is 244 Å². The monoisotopic (exact) mass is 578 g/mol. The number of amides is 2. The van der Waals surface area contributed by atoms with Crippen LogP contribution in [0.5, 0.6) is 0 Å². The van der Waals surface area contributed by atoms with Crippen LogP contribution in [0.2, 0.25) is 0 Å². The molecule has 3 aromatic rings. The van der Waals surface area contributed by atoms with Gasteiger partial charge in [0.2, 0.25) is 10.0 Å². The first-order valence-corrected chi connectivity index (χ1v) is 15.9. The van der Waals surface area contributed by atoms with Crippen LogP contribution in [-0.2, 0) is 23.0 Å². The topological polar surface area (TPSA) is 108 Å². The van der Waals surface area contributed by atoms with Crippen molar-refractivity contribution in [2.45, 2.75) is 46.2 Å². The van der Waals surface area contributed by atoms with Crippen LogP contribution in [-0.4, -0.2) is 63.1 Å². The van der Waals surface area contributed by atoms with Gasteiger partial charge in [0.15, 0.2) is 5.78 Å². The van der Waals surface area contributed by atoms with Crippen molar-refractivity contribution in [1.29, 1.82) is 0 Å². The fourth-order valence-corrected chi connectivity index (χ4v) is 5.91. The van der Waals surface area contributed by atoms with Gasteiger partial charge in [-0.1, -0.05) is 92.7 Å². The van der Waals surface area contributed by atoms with Crippen molar-refractivity contribution < 1.29 is 18.0 Å². The van der Waals surface area contributed by atoms with E-state index in [-0.39, 0.29) is 17.6 Å². The van der Waals surface area contributed by atoms with Gasteiger partial charge in [0.1, 0.15) is 0 Å². The summed E-state index contributed by atoms with van der Waals surface area (Å²) < 4.78 is 28.8. The van der Waals surface area contributed by atoms with E-state index in [2.05, 4.69) is 15.4 Å². The number of carbonyl (C=O) groups is 2. The van der Waals surface area contributed by atoms with E-state index in [1.807, 2.05) is 92.4 Å². The third-order valence-electron chi connectivity index (χ3n) is 7.05. The van der Waals surface area contributed by atoms with Gasteiger partial charge in [0.25, 0.3) is 0 Å². The lowest BCUT2D eigenvalue weighted by Crippen LogP contribution is -2.44. The second-order valence-corrected chi connectivity index (χ2v) is 11.7. The molecular weight excluding hydrogens is 536 g/mol. The zero-order valence-corrected chi connectivity index (χ0v) is 25.0. The van der Waals surface area contributed by atoms with Crippen LogP contribution >= 0.6 is 0 Å². The molecule has 0 spiro atoms. The SMILES string of the molecule is CCNC(=O)NCc1ccccc1-c1ccc(C(=O)[C@@H](CCc2ccccc2)NS(=O)(=O)CCN(CC)CC)cc1. The standard InChI is InChI=1S/C32H42N4O4S/c1-4-33-32(38)34-24-28-14-10-11-15-29(28)26-17-19-27(20-18-26)31(37)30(21-16-25-12-8-7-9-13-25)35-41(39,40)23-22-36(5-2)6-3/h7-15,17-20,30,35H,4-6,16,21-24H2,1-3H3,(H2,33,34,38)/t30-/m1/s1. The normalized spacial score (nSPS) is 12.2. The average molecular weight is 579 g/mol. The first-order chi connectivity index (χ1) is 19.8. The summed E-state index contributed by atoms with van der Waals surface area (Å²) in [5.74, 6) is -0.325. The van der Waals surface area contributed by atoms with Crippen molar-refractivity contribution in [3.05, 3.63) is 95.6 Å². The summed E-state index contributed by atoms with van der Waals surface area (Å²) in [5.41, 5.74) is 4.27. The fourth-order valence-electron chi connectivity index (χ4n) is 4.63. The number of sulfonamides is 1. The lowest BCUT2D eigenvalue weighted by Gasteiger charge is -2.21. The molecule has 220 valence electrons. The molecule has 0 radical (unpaired) electrons. The van der Waals surface area contributed by atoms with E-state index in [4.69, 9.17) is 0 Å². The molecule has 0 aliphatic carbocycles. The van der Waals surface area contributed by atoms with E-state index in [0.29, 0.717) is 38.0 Å². The Morgan fingerprint density at radius 1 is 0.829 bits per heavy atom. The summed E-state index contributed by atoms with van der Waals surface area (Å²) in [4.78, 5) is 27.6.